The van der Waals surface area contributed by atoms with E-state index in [1.807, 2.05) is 12.1 Å². The standard InChI is InChI=1S/C10H10BrNO/c1-2-3-7-13-10-8(11)5-4-6-9(10)12/h1,4-6H,3,7,12H2. The number of rotatable bonds is 3. The first-order valence-corrected chi connectivity index (χ1v) is 4.65. The summed E-state index contributed by atoms with van der Waals surface area (Å²) < 4.78 is 6.24. The summed E-state index contributed by atoms with van der Waals surface area (Å²) in [4.78, 5) is 0. The number of halogens is 1. The van der Waals surface area contributed by atoms with Gasteiger partial charge in [-0.3, -0.25) is 0 Å². The number of hydrogen-bond acceptors (Lipinski definition) is 2. The van der Waals surface area contributed by atoms with Crippen molar-refractivity contribution in [1.82, 2.24) is 0 Å². The highest BCUT2D eigenvalue weighted by Crippen LogP contribution is 2.30. The molecule has 13 heavy (non-hydrogen) atoms. The summed E-state index contributed by atoms with van der Waals surface area (Å²) >= 11 is 3.34. The zero-order chi connectivity index (χ0) is 9.68. The molecule has 0 aliphatic heterocycles. The number of terminal acetylenes is 1. The van der Waals surface area contributed by atoms with Crippen molar-refractivity contribution in [3.8, 4) is 18.1 Å². The molecule has 0 saturated carbocycles. The maximum absolute atomic E-state index is 5.70. The average molecular weight is 240 g/mol. The summed E-state index contributed by atoms with van der Waals surface area (Å²) in [6.07, 6.45) is 5.68. The monoisotopic (exact) mass is 239 g/mol. The van der Waals surface area contributed by atoms with Gasteiger partial charge in [-0.1, -0.05) is 6.07 Å². The summed E-state index contributed by atoms with van der Waals surface area (Å²) in [5.41, 5.74) is 6.31. The van der Waals surface area contributed by atoms with Crippen LogP contribution in [0.5, 0.6) is 5.75 Å². The summed E-state index contributed by atoms with van der Waals surface area (Å²) in [5.74, 6) is 3.16. The van der Waals surface area contributed by atoms with Gasteiger partial charge in [0, 0.05) is 6.42 Å². The lowest BCUT2D eigenvalue weighted by Crippen LogP contribution is -1.99. The van der Waals surface area contributed by atoms with Crippen molar-refractivity contribution in [2.75, 3.05) is 12.3 Å². The van der Waals surface area contributed by atoms with Gasteiger partial charge in [0.2, 0.25) is 0 Å². The first kappa shape index (κ1) is 9.94. The van der Waals surface area contributed by atoms with Crippen LogP contribution < -0.4 is 10.5 Å². The second kappa shape index (κ2) is 4.78. The molecule has 1 aromatic carbocycles. The molecule has 0 unspecified atom stereocenters. The van der Waals surface area contributed by atoms with Crippen molar-refractivity contribution in [2.24, 2.45) is 0 Å². The molecule has 0 spiro atoms. The predicted octanol–water partition coefficient (Wildman–Crippen LogP) is 2.43. The number of para-hydroxylation sites is 1. The van der Waals surface area contributed by atoms with E-state index in [1.165, 1.54) is 0 Å². The molecule has 0 aliphatic rings. The Kier molecular flexibility index (Phi) is 3.66. The molecule has 2 N–H and O–H groups in total. The molecule has 2 nitrogen and oxygen atoms in total. The smallest absolute Gasteiger partial charge is 0.156 e. The number of anilines is 1. The van der Waals surface area contributed by atoms with Crippen LogP contribution in [0.25, 0.3) is 0 Å². The lowest BCUT2D eigenvalue weighted by molar-refractivity contribution is 0.327. The third-order valence-electron chi connectivity index (χ3n) is 1.49. The molecular formula is C10H10BrNO. The molecule has 0 aliphatic carbocycles. The molecule has 0 aromatic heterocycles. The van der Waals surface area contributed by atoms with E-state index < -0.39 is 0 Å². The van der Waals surface area contributed by atoms with Crippen molar-refractivity contribution in [3.63, 3.8) is 0 Å². The van der Waals surface area contributed by atoms with Gasteiger partial charge in [-0.15, -0.1) is 12.3 Å². The van der Waals surface area contributed by atoms with Gasteiger partial charge in [-0.05, 0) is 28.1 Å². The van der Waals surface area contributed by atoms with Crippen LogP contribution in [0.4, 0.5) is 5.69 Å². The lowest BCUT2D eigenvalue weighted by Gasteiger charge is -2.08. The average Bonchev–Trinajstić information content (AvgIpc) is 2.10. The van der Waals surface area contributed by atoms with Gasteiger partial charge in [-0.2, -0.15) is 0 Å². The maximum Gasteiger partial charge on any atom is 0.156 e. The van der Waals surface area contributed by atoms with Crippen LogP contribution in [-0.4, -0.2) is 6.61 Å². The zero-order valence-electron chi connectivity index (χ0n) is 7.09. The normalized spacial score (nSPS) is 9.23. The van der Waals surface area contributed by atoms with Gasteiger partial charge < -0.3 is 10.5 Å². The number of nitrogen functional groups attached to an aromatic ring is 1. The Morgan fingerprint density at radius 3 is 2.92 bits per heavy atom. The van der Waals surface area contributed by atoms with Gasteiger partial charge in [0.1, 0.15) is 0 Å². The van der Waals surface area contributed by atoms with Crippen LogP contribution in [0.2, 0.25) is 0 Å². The second-order valence-corrected chi connectivity index (χ2v) is 3.32. The fourth-order valence-corrected chi connectivity index (χ4v) is 1.39. The Hall–Kier alpha value is -1.14. The topological polar surface area (TPSA) is 35.2 Å². The first-order chi connectivity index (χ1) is 6.25. The Bertz CT molecular complexity index is 310. The fraction of sp³-hybridized carbons (Fsp3) is 0.200. The molecule has 1 rings (SSSR count). The Morgan fingerprint density at radius 2 is 2.31 bits per heavy atom. The molecule has 0 bridgehead atoms. The minimum atomic E-state index is 0.489. The summed E-state index contributed by atoms with van der Waals surface area (Å²) in [6.45, 7) is 0.489. The minimum Gasteiger partial charge on any atom is -0.489 e. The Balaban J connectivity index is 2.71. The molecule has 0 fully saturated rings. The predicted molar refractivity (Wildman–Crippen MR) is 57.5 cm³/mol. The van der Waals surface area contributed by atoms with Crippen LogP contribution in [0.15, 0.2) is 22.7 Å². The highest BCUT2D eigenvalue weighted by atomic mass is 79.9. The van der Waals surface area contributed by atoms with E-state index in [2.05, 4.69) is 21.9 Å². The van der Waals surface area contributed by atoms with Gasteiger partial charge in [0.25, 0.3) is 0 Å². The Labute approximate surface area is 86.2 Å². The highest BCUT2D eigenvalue weighted by Gasteiger charge is 2.03. The van der Waals surface area contributed by atoms with E-state index in [4.69, 9.17) is 16.9 Å². The summed E-state index contributed by atoms with van der Waals surface area (Å²) in [5, 5.41) is 0. The summed E-state index contributed by atoms with van der Waals surface area (Å²) in [6, 6.07) is 5.52. The number of hydrogen-bond donors (Lipinski definition) is 1. The number of ether oxygens (including phenoxy) is 1. The van der Waals surface area contributed by atoms with Gasteiger partial charge in [0.15, 0.2) is 5.75 Å². The minimum absolute atomic E-state index is 0.489. The van der Waals surface area contributed by atoms with Crippen molar-refractivity contribution in [1.29, 1.82) is 0 Å². The van der Waals surface area contributed by atoms with E-state index in [-0.39, 0.29) is 0 Å². The van der Waals surface area contributed by atoms with Crippen molar-refractivity contribution in [3.05, 3.63) is 22.7 Å². The van der Waals surface area contributed by atoms with Gasteiger partial charge >= 0.3 is 0 Å². The SMILES string of the molecule is C#CCCOc1c(N)cccc1Br. The first-order valence-electron chi connectivity index (χ1n) is 3.86. The van der Waals surface area contributed by atoms with E-state index in [9.17, 15) is 0 Å². The van der Waals surface area contributed by atoms with Crippen LogP contribution in [0, 0.1) is 12.3 Å². The molecule has 0 atom stereocenters. The van der Waals surface area contributed by atoms with Crippen LogP contribution in [-0.2, 0) is 0 Å². The van der Waals surface area contributed by atoms with E-state index in [0.717, 1.165) is 4.47 Å². The van der Waals surface area contributed by atoms with E-state index >= 15 is 0 Å². The van der Waals surface area contributed by atoms with Gasteiger partial charge in [0.05, 0.1) is 16.8 Å². The third-order valence-corrected chi connectivity index (χ3v) is 2.11. The molecule has 68 valence electrons. The quantitative estimate of drug-likeness (QED) is 0.500. The van der Waals surface area contributed by atoms with E-state index in [1.54, 1.807) is 6.07 Å². The second-order valence-electron chi connectivity index (χ2n) is 2.46. The number of benzene rings is 1. The number of nitrogens with two attached hydrogens (primary N) is 1. The molecule has 3 heteroatoms. The molecule has 0 heterocycles. The fourth-order valence-electron chi connectivity index (χ4n) is 0.890. The van der Waals surface area contributed by atoms with Gasteiger partial charge in [-0.25, -0.2) is 0 Å². The molecule has 0 amide bonds. The highest BCUT2D eigenvalue weighted by molar-refractivity contribution is 9.10. The molecule has 0 radical (unpaired) electrons. The molecule has 0 saturated heterocycles. The van der Waals surface area contributed by atoms with E-state index in [0.29, 0.717) is 24.5 Å². The zero-order valence-corrected chi connectivity index (χ0v) is 8.67. The Morgan fingerprint density at radius 1 is 1.54 bits per heavy atom. The van der Waals surface area contributed by atoms with Crippen molar-refractivity contribution in [2.45, 2.75) is 6.42 Å². The maximum atomic E-state index is 5.70. The largest absolute Gasteiger partial charge is 0.489 e. The third kappa shape index (κ3) is 2.67. The van der Waals surface area contributed by atoms with Crippen LogP contribution >= 0.6 is 15.9 Å². The molecular weight excluding hydrogens is 230 g/mol. The van der Waals surface area contributed by atoms with Crippen molar-refractivity contribution >= 4 is 21.6 Å². The van der Waals surface area contributed by atoms with Crippen molar-refractivity contribution < 1.29 is 4.74 Å². The van der Waals surface area contributed by atoms with Crippen LogP contribution in [0.1, 0.15) is 6.42 Å². The summed E-state index contributed by atoms with van der Waals surface area (Å²) in [7, 11) is 0. The lowest BCUT2D eigenvalue weighted by atomic mass is 10.3. The van der Waals surface area contributed by atoms with Crippen LogP contribution in [0.3, 0.4) is 0 Å². The molecule has 1 aromatic rings.